The maximum absolute atomic E-state index is 12.8. The summed E-state index contributed by atoms with van der Waals surface area (Å²) in [5, 5.41) is 76.1. The van der Waals surface area contributed by atoms with E-state index in [1.54, 1.807) is 87.0 Å². The third-order valence-corrected chi connectivity index (χ3v) is 16.5. The van der Waals surface area contributed by atoms with Crippen molar-refractivity contribution in [2.45, 2.75) is 216 Å². The van der Waals surface area contributed by atoms with E-state index in [1.807, 2.05) is 140 Å². The molecule has 2 heterocycles. The van der Waals surface area contributed by atoms with Gasteiger partial charge in [-0.1, -0.05) is 181 Å². The van der Waals surface area contributed by atoms with Crippen molar-refractivity contribution in [3.63, 3.8) is 0 Å². The molecule has 3 radical (unpaired) electrons. The minimum Gasteiger partial charge on any atom is -0.481 e. The summed E-state index contributed by atoms with van der Waals surface area (Å²) in [6.45, 7) is 17.8. The van der Waals surface area contributed by atoms with E-state index in [9.17, 15) is 63.3 Å². The number of likely N-dealkylation sites (N-methyl/N-ethyl adjacent to an activating group) is 1. The Balaban J connectivity index is -0.000000175. The maximum Gasteiger partial charge on any atom is 0.411 e. The zero-order valence-electron chi connectivity index (χ0n) is 70.3. The maximum atomic E-state index is 12.8. The molecule has 5 amide bonds. The van der Waals surface area contributed by atoms with E-state index < -0.39 is 107 Å². The van der Waals surface area contributed by atoms with Gasteiger partial charge in [0.1, 0.15) is 49.7 Å². The number of carbonyl (C=O) groups excluding carboxylic acids is 8. The number of aliphatic carboxylic acids is 2. The molecule has 2 unspecified atom stereocenters. The predicted molar refractivity (Wildman–Crippen MR) is 470 cm³/mol. The Hall–Kier alpha value is -9.31. The summed E-state index contributed by atoms with van der Waals surface area (Å²) >= 11 is 4.97. The summed E-state index contributed by atoms with van der Waals surface area (Å²) in [6.07, 6.45) is -3.24. The number of esters is 2. The van der Waals surface area contributed by atoms with Gasteiger partial charge in [-0.25, -0.2) is 15.5 Å². The molecular formula is C86H141BClN9O24Pd-. The fraction of sp³-hybridized carbons (Fsp3) is 0.512. The molecule has 7 rings (SSSR count). The van der Waals surface area contributed by atoms with Gasteiger partial charge in [-0.3, -0.25) is 48.1 Å². The largest absolute Gasteiger partial charge is 0.481 e. The van der Waals surface area contributed by atoms with E-state index in [4.69, 9.17) is 73.5 Å². The Labute approximate surface area is 744 Å². The van der Waals surface area contributed by atoms with Crippen LogP contribution in [0.15, 0.2) is 157 Å². The van der Waals surface area contributed by atoms with Gasteiger partial charge in [-0.2, -0.15) is 0 Å². The number of hydrogen-bond acceptors (Lipinski definition) is 26. The molecule has 0 bridgehead atoms. The number of β-lactam (4-membered cyclic amide) rings is 1. The summed E-state index contributed by atoms with van der Waals surface area (Å²) in [4.78, 5) is 129. The monoisotopic (exact) mass is 1840 g/mol. The first-order chi connectivity index (χ1) is 54.0. The van der Waals surface area contributed by atoms with Crippen LogP contribution in [0.25, 0.3) is 0 Å². The SMILES string of the molecule is C.C.C.C.C=NOCc1ccccc1.CO.C[C@@H](O)[C@H](CC(=O)OCc1ccccc1)C(=O)N(C)C.C[C@@H](O)[C@H](CC(=O)OCc1ccccc1)C(=O)O.C[C@@H](O)[C@H](CCC1CCC2(CNC2=O)N1C(=O)OC(C)(C)C)C(=O)N(C)C.C[C@@H](O)[C@H](N)C(=O)N(C)C.C[C@@H](O)[C@H](N)C(=O)O.NOCc1ccccc1.O=C(Cl)OCc1ccccc1.[B].[CH3-].[Pd]. The van der Waals surface area contributed by atoms with Crippen molar-refractivity contribution in [2.24, 2.45) is 40.3 Å². The van der Waals surface area contributed by atoms with Crippen molar-refractivity contribution in [1.82, 2.24) is 24.9 Å². The van der Waals surface area contributed by atoms with E-state index in [0.29, 0.717) is 45.4 Å². The zero-order valence-corrected chi connectivity index (χ0v) is 72.6. The van der Waals surface area contributed by atoms with Gasteiger partial charge in [-0.15, -0.1) is 5.16 Å². The molecule has 2 aliphatic rings. The minimum atomic E-state index is -1.21. The van der Waals surface area contributed by atoms with Crippen molar-refractivity contribution in [2.75, 3.05) is 55.9 Å². The van der Waals surface area contributed by atoms with Crippen molar-refractivity contribution in [3.05, 3.63) is 187 Å². The topological polar surface area (TPSA) is 503 Å². The van der Waals surface area contributed by atoms with Crippen LogP contribution in [0.2, 0.25) is 0 Å². The number of ether oxygens (including phenoxy) is 4. The van der Waals surface area contributed by atoms with Gasteiger partial charge < -0.3 is 104 Å². The van der Waals surface area contributed by atoms with Crippen LogP contribution < -0.4 is 22.7 Å². The van der Waals surface area contributed by atoms with Crippen molar-refractivity contribution >= 4 is 85.8 Å². The first-order valence-electron chi connectivity index (χ1n) is 36.5. The number of aliphatic hydroxyl groups is 6. The molecular weight excluding hydrogens is 1700 g/mol. The third kappa shape index (κ3) is 55.7. The number of carboxylic acid groups (broad SMARTS) is 2. The van der Waals surface area contributed by atoms with Gasteiger partial charge >= 0.3 is 35.4 Å². The Morgan fingerprint density at radius 3 is 1.12 bits per heavy atom. The van der Waals surface area contributed by atoms with Gasteiger partial charge in [0.15, 0.2) is 0 Å². The van der Waals surface area contributed by atoms with Gasteiger partial charge in [0.05, 0.1) is 74.3 Å². The summed E-state index contributed by atoms with van der Waals surface area (Å²) < 4.78 is 20.2. The number of nitrogens with one attached hydrogen (secondary N) is 1. The Bertz CT molecular complexity index is 3600. The predicted octanol–water partition coefficient (Wildman–Crippen LogP) is 8.77. The summed E-state index contributed by atoms with van der Waals surface area (Å²) in [7, 11) is 10.7. The number of aliphatic hydroxyl groups excluding tert-OH is 6. The first kappa shape index (κ1) is 131. The van der Waals surface area contributed by atoms with Crippen molar-refractivity contribution in [1.29, 1.82) is 0 Å². The minimum absolute atomic E-state index is 0. The molecule has 2 fully saturated rings. The average molecular weight is 1840 g/mol. The fourth-order valence-corrected chi connectivity index (χ4v) is 10.0. The molecule has 12 atom stereocenters. The standard InChI is InChI=1S/C19H33N3O5.C15H21NO4.C13H16O5.C8H7ClO2.C8H9NO.C7H9NO.C6H14N2O2.C4H9NO3.CH4O.4CH4.CH3.B.Pd/c1-12(23)14(15(24)21(5)6)8-7-13-9-10-19(11-20-16(19)25)22(13)17(26)27-18(2,3)4;1-11(17)13(15(19)16(2)3)9-14(18)20-10-12-7-5-4-6-8-12;1-9(14)11(13(16)17)7-12(15)18-8-10-5-3-2-4-6-10;9-8(10)11-6-7-4-2-1-3-5-7;1-9-10-7-8-5-3-2-4-6-8;8-9-6-7-4-2-1-3-5-7;1-4(9)5(7)6(10)8(2)3;1-2(6)3(5)4(7)8;1-2;;;;;;;/h12-14,23H,7-11H2,1-6H3,(H,20,25);4-8,11,13,17H,9-10H2,1-3H3;2-6,9,11,14H,7-8H2,1H3,(H,16,17);1-5H,6H2;2-6H,1,7H2;1-5H,6,8H2;4-5,9H,7H2,1-3H3;2-3,6H,5H2,1H3,(H,7,8);2H,1H3;4*1H4;1H3;;/q;;;;;;;;;;;;;-1;;/t12-,13?,14+,19?;11-,13+;9-,11+;;;;4-,5+;2-,3+;;;;;;;;/m111...11......../s1. The summed E-state index contributed by atoms with van der Waals surface area (Å²) in [5.41, 5.74) is 12.8. The van der Waals surface area contributed by atoms with Crippen LogP contribution in [-0.4, -0.2) is 250 Å². The van der Waals surface area contributed by atoms with Gasteiger partial charge in [0.25, 0.3) is 0 Å². The number of nitrogens with two attached hydrogens (primary N) is 3. The molecule has 2 saturated heterocycles. The smallest absolute Gasteiger partial charge is 0.411 e. The molecule has 0 aliphatic carbocycles. The second-order valence-corrected chi connectivity index (χ2v) is 28.0. The first-order valence-corrected chi connectivity index (χ1v) is 36.8. The number of amides is 5. The molecule has 1 spiro atoms. The van der Waals surface area contributed by atoms with Gasteiger partial charge in [0, 0.05) is 103 Å². The molecule has 5 aromatic carbocycles. The molecule has 33 nitrogen and oxygen atoms in total. The van der Waals surface area contributed by atoms with Crippen molar-refractivity contribution in [3.8, 4) is 0 Å². The molecule has 0 aromatic heterocycles. The number of nitrogens with zero attached hydrogens (tertiary/aromatic N) is 5. The Kier molecular flexibility index (Phi) is 77.4. The molecule has 0 saturated carbocycles. The number of carboxylic acids is 2. The summed E-state index contributed by atoms with van der Waals surface area (Å²) in [5.74, 6) is -1.90. The second kappa shape index (κ2) is 72.2. The summed E-state index contributed by atoms with van der Waals surface area (Å²) in [6, 6.07) is 45.2. The average Bonchev–Trinajstić information content (AvgIpc) is 1.57. The number of carbonyl (C=O) groups is 10. The van der Waals surface area contributed by atoms with E-state index in [2.05, 4.69) is 26.8 Å². The molecule has 5 aromatic rings. The zero-order chi connectivity index (χ0) is 88.1. The molecule has 15 N–H and O–H groups in total. The second-order valence-electron chi connectivity index (χ2n) is 27.7. The van der Waals surface area contributed by atoms with Crippen LogP contribution in [0.4, 0.5) is 9.59 Å². The quantitative estimate of drug-likeness (QED) is 0.00325. The number of oxime groups is 1. The van der Waals surface area contributed by atoms with Crippen LogP contribution in [0, 0.1) is 25.2 Å². The normalized spacial score (nSPS) is 14.9. The van der Waals surface area contributed by atoms with Crippen LogP contribution in [0.5, 0.6) is 0 Å². The van der Waals surface area contributed by atoms with E-state index in [-0.39, 0.29) is 128 Å². The number of halogens is 1. The van der Waals surface area contributed by atoms with Crippen LogP contribution in [-0.2, 0) is 120 Å². The van der Waals surface area contributed by atoms with Crippen LogP contribution in [0.3, 0.4) is 0 Å². The van der Waals surface area contributed by atoms with E-state index in [0.717, 1.165) is 34.9 Å². The number of benzene rings is 5. The van der Waals surface area contributed by atoms with Gasteiger partial charge in [-0.05, 0) is 109 Å². The fourth-order valence-electron chi connectivity index (χ4n) is 9.95. The molecule has 122 heavy (non-hydrogen) atoms. The van der Waals surface area contributed by atoms with Gasteiger partial charge in [0.2, 0.25) is 23.6 Å². The molecule has 36 heteroatoms. The molecule has 2 aliphatic heterocycles. The van der Waals surface area contributed by atoms with Crippen LogP contribution in [0.1, 0.15) is 151 Å². The molecule has 695 valence electrons. The van der Waals surface area contributed by atoms with Crippen molar-refractivity contribution < 1.29 is 138 Å². The Morgan fingerprint density at radius 2 is 0.869 bits per heavy atom. The third-order valence-electron chi connectivity index (χ3n) is 16.4. The number of hydrogen-bond donors (Lipinski definition) is 12. The van der Waals surface area contributed by atoms with E-state index >= 15 is 0 Å². The Morgan fingerprint density at radius 1 is 0.541 bits per heavy atom. The number of rotatable bonds is 28. The van der Waals surface area contributed by atoms with E-state index in [1.165, 1.54) is 42.4 Å². The number of likely N-dealkylation sites (tertiary alicyclic amines) is 1. The van der Waals surface area contributed by atoms with Crippen LogP contribution >= 0.6 is 11.6 Å².